The van der Waals surface area contributed by atoms with Crippen LogP contribution in [0.2, 0.25) is 15.1 Å². The summed E-state index contributed by atoms with van der Waals surface area (Å²) >= 11 is 20.4. The van der Waals surface area contributed by atoms with E-state index >= 15 is 0 Å². The fourth-order valence-corrected chi connectivity index (χ4v) is 3.11. The summed E-state index contributed by atoms with van der Waals surface area (Å²) in [6, 6.07) is 11.2. The van der Waals surface area contributed by atoms with E-state index in [0.717, 1.165) is 19.8 Å². The highest BCUT2D eigenvalue weighted by atomic mass is 127. The van der Waals surface area contributed by atoms with Crippen LogP contribution in [0.5, 0.6) is 0 Å². The molecule has 2 rings (SSSR count). The normalized spacial score (nSPS) is 10.4. The maximum absolute atomic E-state index is 6.11. The first-order chi connectivity index (χ1) is 8.58. The lowest BCUT2D eigenvalue weighted by molar-refractivity contribution is 1.15. The molecule has 0 aliphatic rings. The van der Waals surface area contributed by atoms with Gasteiger partial charge in [0.25, 0.3) is 0 Å². The largest absolute Gasteiger partial charge is 0.380 e. The van der Waals surface area contributed by atoms with Crippen molar-refractivity contribution in [3.63, 3.8) is 0 Å². The maximum Gasteiger partial charge on any atom is 0.0479 e. The average molecular weight is 412 g/mol. The maximum atomic E-state index is 6.11. The lowest BCUT2D eigenvalue weighted by Gasteiger charge is -2.11. The summed E-state index contributed by atoms with van der Waals surface area (Å²) < 4.78 is 1.06. The minimum Gasteiger partial charge on any atom is -0.380 e. The Balaban J connectivity index is 2.16. The summed E-state index contributed by atoms with van der Waals surface area (Å²) in [6.45, 7) is 0.580. The van der Waals surface area contributed by atoms with Crippen molar-refractivity contribution in [1.29, 1.82) is 0 Å². The summed E-state index contributed by atoms with van der Waals surface area (Å²) in [5, 5.41) is 5.36. The zero-order valence-electron chi connectivity index (χ0n) is 9.18. The Hall–Kier alpha value is -0.160. The van der Waals surface area contributed by atoms with Gasteiger partial charge in [-0.05, 0) is 52.9 Å². The number of anilines is 1. The van der Waals surface area contributed by atoms with Crippen molar-refractivity contribution in [3.05, 3.63) is 60.6 Å². The molecule has 0 saturated heterocycles. The highest BCUT2D eigenvalue weighted by Gasteiger charge is 2.06. The number of rotatable bonds is 3. The summed E-state index contributed by atoms with van der Waals surface area (Å²) in [7, 11) is 0. The van der Waals surface area contributed by atoms with Crippen molar-refractivity contribution >= 4 is 63.1 Å². The fraction of sp³-hybridized carbons (Fsp3) is 0.0769. The lowest BCUT2D eigenvalue weighted by atomic mass is 10.2. The number of nitrogens with one attached hydrogen (secondary N) is 1. The standard InChI is InChI=1S/C13H9Cl3IN/c14-8-4-5-13(12(17)6-8)18-7-9-10(15)2-1-3-11(9)16/h1-6,18H,7H2. The van der Waals surface area contributed by atoms with Gasteiger partial charge in [-0.25, -0.2) is 0 Å². The van der Waals surface area contributed by atoms with Crippen LogP contribution in [0.4, 0.5) is 5.69 Å². The topological polar surface area (TPSA) is 12.0 Å². The van der Waals surface area contributed by atoms with Crippen LogP contribution in [0.3, 0.4) is 0 Å². The van der Waals surface area contributed by atoms with Gasteiger partial charge in [0.2, 0.25) is 0 Å². The molecule has 0 unspecified atom stereocenters. The summed E-state index contributed by atoms with van der Waals surface area (Å²) in [6.07, 6.45) is 0. The van der Waals surface area contributed by atoms with E-state index in [1.807, 2.05) is 36.4 Å². The molecule has 0 amide bonds. The van der Waals surface area contributed by atoms with Gasteiger partial charge in [-0.2, -0.15) is 0 Å². The summed E-state index contributed by atoms with van der Waals surface area (Å²) in [5.74, 6) is 0. The predicted octanol–water partition coefficient (Wildman–Crippen LogP) is 5.86. The quantitative estimate of drug-likeness (QED) is 0.623. The van der Waals surface area contributed by atoms with E-state index in [9.17, 15) is 0 Å². The van der Waals surface area contributed by atoms with Gasteiger partial charge >= 0.3 is 0 Å². The zero-order chi connectivity index (χ0) is 13.1. The molecule has 0 aliphatic carbocycles. The Kier molecular flexibility index (Phi) is 5.01. The fourth-order valence-electron chi connectivity index (χ4n) is 1.52. The number of halogens is 4. The van der Waals surface area contributed by atoms with E-state index in [1.165, 1.54) is 0 Å². The van der Waals surface area contributed by atoms with Gasteiger partial charge in [0, 0.05) is 36.4 Å². The highest BCUT2D eigenvalue weighted by molar-refractivity contribution is 14.1. The molecule has 0 fully saturated rings. The molecule has 0 radical (unpaired) electrons. The molecule has 1 N–H and O–H groups in total. The Bertz CT molecular complexity index is 552. The lowest BCUT2D eigenvalue weighted by Crippen LogP contribution is -2.02. The van der Waals surface area contributed by atoms with Gasteiger partial charge in [-0.15, -0.1) is 0 Å². The van der Waals surface area contributed by atoms with Crippen molar-refractivity contribution in [2.24, 2.45) is 0 Å². The van der Waals surface area contributed by atoms with Crippen molar-refractivity contribution in [2.45, 2.75) is 6.54 Å². The molecule has 0 heterocycles. The summed E-state index contributed by atoms with van der Waals surface area (Å²) in [4.78, 5) is 0. The Labute approximate surface area is 135 Å². The van der Waals surface area contributed by atoms with E-state index in [-0.39, 0.29) is 0 Å². The van der Waals surface area contributed by atoms with Gasteiger partial charge in [0.1, 0.15) is 0 Å². The van der Waals surface area contributed by atoms with Crippen LogP contribution in [-0.2, 0) is 6.54 Å². The minimum atomic E-state index is 0.580. The van der Waals surface area contributed by atoms with Gasteiger partial charge in [-0.3, -0.25) is 0 Å². The van der Waals surface area contributed by atoms with Crippen LogP contribution in [-0.4, -0.2) is 0 Å². The van der Waals surface area contributed by atoms with E-state index in [4.69, 9.17) is 34.8 Å². The SMILES string of the molecule is Clc1ccc(NCc2c(Cl)cccc2Cl)c(I)c1. The van der Waals surface area contributed by atoms with Crippen molar-refractivity contribution < 1.29 is 0 Å². The van der Waals surface area contributed by atoms with Crippen LogP contribution in [0.1, 0.15) is 5.56 Å². The van der Waals surface area contributed by atoms with Gasteiger partial charge in [0.05, 0.1) is 0 Å². The van der Waals surface area contributed by atoms with E-state index in [0.29, 0.717) is 16.6 Å². The van der Waals surface area contributed by atoms with Crippen LogP contribution < -0.4 is 5.32 Å². The second-order valence-corrected chi connectivity index (χ2v) is 6.09. The first kappa shape index (κ1) is 14.3. The minimum absolute atomic E-state index is 0.580. The van der Waals surface area contributed by atoms with Gasteiger partial charge in [-0.1, -0.05) is 40.9 Å². The molecule has 0 aromatic heterocycles. The molecule has 18 heavy (non-hydrogen) atoms. The number of benzene rings is 2. The molecule has 0 aliphatic heterocycles. The molecular weight excluding hydrogens is 403 g/mol. The molecule has 0 bridgehead atoms. The molecule has 5 heteroatoms. The Morgan fingerprint density at radius 1 is 1.00 bits per heavy atom. The summed E-state index contributed by atoms with van der Waals surface area (Å²) in [5.41, 5.74) is 1.91. The van der Waals surface area contributed by atoms with Crippen molar-refractivity contribution in [3.8, 4) is 0 Å². The molecule has 94 valence electrons. The second kappa shape index (κ2) is 6.33. The second-order valence-electron chi connectivity index (χ2n) is 3.68. The van der Waals surface area contributed by atoms with Crippen LogP contribution in [0.15, 0.2) is 36.4 Å². The molecule has 2 aromatic rings. The van der Waals surface area contributed by atoms with Gasteiger partial charge < -0.3 is 5.32 Å². The monoisotopic (exact) mass is 411 g/mol. The van der Waals surface area contributed by atoms with Crippen molar-refractivity contribution in [2.75, 3.05) is 5.32 Å². The third-order valence-corrected chi connectivity index (χ3v) is 4.28. The van der Waals surface area contributed by atoms with E-state index < -0.39 is 0 Å². The highest BCUT2D eigenvalue weighted by Crippen LogP contribution is 2.27. The van der Waals surface area contributed by atoms with Gasteiger partial charge in [0.15, 0.2) is 0 Å². The van der Waals surface area contributed by atoms with E-state index in [2.05, 4.69) is 27.9 Å². The Morgan fingerprint density at radius 2 is 1.67 bits per heavy atom. The molecular formula is C13H9Cl3IN. The van der Waals surface area contributed by atoms with Crippen LogP contribution in [0.25, 0.3) is 0 Å². The number of hydrogen-bond donors (Lipinski definition) is 1. The predicted molar refractivity (Wildman–Crippen MR) is 88.0 cm³/mol. The molecule has 0 spiro atoms. The van der Waals surface area contributed by atoms with Crippen LogP contribution in [0, 0.1) is 3.57 Å². The first-order valence-electron chi connectivity index (χ1n) is 5.20. The Morgan fingerprint density at radius 3 is 2.28 bits per heavy atom. The molecule has 0 saturated carbocycles. The first-order valence-corrected chi connectivity index (χ1v) is 7.41. The average Bonchev–Trinajstić information content (AvgIpc) is 2.31. The van der Waals surface area contributed by atoms with Crippen molar-refractivity contribution in [1.82, 2.24) is 0 Å². The molecule has 0 atom stereocenters. The smallest absolute Gasteiger partial charge is 0.0479 e. The number of hydrogen-bond acceptors (Lipinski definition) is 1. The van der Waals surface area contributed by atoms with Crippen LogP contribution >= 0.6 is 57.4 Å². The zero-order valence-corrected chi connectivity index (χ0v) is 13.6. The third-order valence-electron chi connectivity index (χ3n) is 2.45. The molecule has 1 nitrogen and oxygen atoms in total. The third kappa shape index (κ3) is 3.44. The molecule has 2 aromatic carbocycles. The van der Waals surface area contributed by atoms with E-state index in [1.54, 1.807) is 0 Å².